The maximum atomic E-state index is 13.6. The Kier molecular flexibility index (Phi) is 8.25. The minimum atomic E-state index is -3.92. The molecule has 0 aliphatic carbocycles. The van der Waals surface area contributed by atoms with Crippen molar-refractivity contribution in [3.05, 3.63) is 52.8 Å². The average molecular weight is 577 g/mol. The highest BCUT2D eigenvalue weighted by molar-refractivity contribution is 9.09. The number of non-ortho nitro benzene ring substituents is 1. The van der Waals surface area contributed by atoms with E-state index in [0.29, 0.717) is 42.5 Å². The van der Waals surface area contributed by atoms with Crippen LogP contribution in [0.1, 0.15) is 0 Å². The van der Waals surface area contributed by atoms with Gasteiger partial charge in [-0.05, 0) is 18.2 Å². The molecule has 0 N–H and O–H groups in total. The van der Waals surface area contributed by atoms with E-state index in [-0.39, 0.29) is 23.7 Å². The zero-order valence-corrected chi connectivity index (χ0v) is 20.7. The molecule has 31 heavy (non-hydrogen) atoms. The number of pyridine rings is 1. The summed E-state index contributed by atoms with van der Waals surface area (Å²) in [5.74, 6) is 0. The lowest BCUT2D eigenvalue weighted by Crippen LogP contribution is -2.49. The van der Waals surface area contributed by atoms with Crippen molar-refractivity contribution in [2.45, 2.75) is 4.90 Å². The highest BCUT2D eigenvalue weighted by atomic mass is 79.9. The number of rotatable bonds is 9. The van der Waals surface area contributed by atoms with Crippen LogP contribution < -0.4 is 9.80 Å². The van der Waals surface area contributed by atoms with E-state index in [0.717, 1.165) is 5.69 Å². The second kappa shape index (κ2) is 10.7. The average Bonchev–Trinajstić information content (AvgIpc) is 2.79. The van der Waals surface area contributed by atoms with Crippen LogP contribution in [0.3, 0.4) is 0 Å². The largest absolute Gasteiger partial charge is 0.369 e. The maximum Gasteiger partial charge on any atom is 0.270 e. The van der Waals surface area contributed by atoms with E-state index in [1.807, 2.05) is 17.0 Å². The minimum Gasteiger partial charge on any atom is -0.369 e. The van der Waals surface area contributed by atoms with Gasteiger partial charge in [0.15, 0.2) is 0 Å². The first-order valence-electron chi connectivity index (χ1n) is 9.69. The maximum absolute atomic E-state index is 13.6. The Morgan fingerprint density at radius 3 is 2.32 bits per heavy atom. The third kappa shape index (κ3) is 5.54. The first kappa shape index (κ1) is 23.9. The summed E-state index contributed by atoms with van der Waals surface area (Å²) in [5.41, 5.74) is 1.17. The van der Waals surface area contributed by atoms with Crippen molar-refractivity contribution in [3.63, 3.8) is 0 Å². The number of piperazine rings is 1. The first-order valence-corrected chi connectivity index (χ1v) is 13.4. The van der Waals surface area contributed by atoms with E-state index < -0.39 is 14.9 Å². The third-order valence-electron chi connectivity index (χ3n) is 5.07. The molecule has 1 saturated heterocycles. The normalized spacial score (nSPS) is 15.1. The molecule has 168 valence electrons. The summed E-state index contributed by atoms with van der Waals surface area (Å²) < 4.78 is 28.5. The number of anilines is 2. The molecular formula is C19H23Br2N5O4S. The van der Waals surface area contributed by atoms with Gasteiger partial charge in [-0.25, -0.2) is 8.42 Å². The van der Waals surface area contributed by atoms with Crippen LogP contribution in [-0.4, -0.2) is 72.6 Å². The lowest BCUT2D eigenvalue weighted by molar-refractivity contribution is -0.385. The number of aromatic nitrogens is 1. The number of sulfonamides is 1. The van der Waals surface area contributed by atoms with E-state index in [2.05, 4.69) is 41.7 Å². The molecule has 0 bridgehead atoms. The Bertz CT molecular complexity index is 996. The lowest BCUT2D eigenvalue weighted by Gasteiger charge is -2.36. The molecule has 1 aromatic carbocycles. The topological polar surface area (TPSA) is 99.9 Å². The number of hydrogen-bond acceptors (Lipinski definition) is 7. The van der Waals surface area contributed by atoms with Crippen LogP contribution in [-0.2, 0) is 10.0 Å². The molecule has 1 aliphatic rings. The Labute approximate surface area is 198 Å². The van der Waals surface area contributed by atoms with Crippen molar-refractivity contribution in [2.75, 3.05) is 59.7 Å². The van der Waals surface area contributed by atoms with Gasteiger partial charge < -0.3 is 9.80 Å². The van der Waals surface area contributed by atoms with Gasteiger partial charge in [-0.15, -0.1) is 0 Å². The molecular weight excluding hydrogens is 554 g/mol. The van der Waals surface area contributed by atoms with E-state index >= 15 is 0 Å². The van der Waals surface area contributed by atoms with Crippen LogP contribution in [0, 0.1) is 10.1 Å². The summed E-state index contributed by atoms with van der Waals surface area (Å²) in [7, 11) is -3.92. The minimum absolute atomic E-state index is 0.0292. The van der Waals surface area contributed by atoms with Gasteiger partial charge >= 0.3 is 0 Å². The summed E-state index contributed by atoms with van der Waals surface area (Å²) in [6.45, 7) is 2.75. The highest BCUT2D eigenvalue weighted by Crippen LogP contribution is 2.32. The van der Waals surface area contributed by atoms with Crippen LogP contribution in [0.2, 0.25) is 0 Å². The first-order chi connectivity index (χ1) is 14.9. The number of nitrogens with zero attached hydrogens (tertiary/aromatic N) is 5. The Morgan fingerprint density at radius 2 is 1.77 bits per heavy atom. The molecule has 1 aliphatic heterocycles. The van der Waals surface area contributed by atoms with E-state index in [1.54, 1.807) is 12.4 Å². The standard InChI is InChI=1S/C19H23Br2N5O4S/c20-5-8-24(9-6-21)18-4-3-16(26(27)28)14-19(18)31(29,30)25-12-10-23(11-13-25)17-2-1-7-22-15-17/h1-4,7,14-15H,5-6,8-13H2. The number of alkyl halides is 2. The van der Waals surface area contributed by atoms with Gasteiger partial charge in [0.2, 0.25) is 10.0 Å². The van der Waals surface area contributed by atoms with Gasteiger partial charge in [-0.3, -0.25) is 15.1 Å². The van der Waals surface area contributed by atoms with E-state index in [4.69, 9.17) is 0 Å². The zero-order chi connectivity index (χ0) is 22.4. The summed E-state index contributed by atoms with van der Waals surface area (Å²) in [6.07, 6.45) is 3.45. The molecule has 1 fully saturated rings. The summed E-state index contributed by atoms with van der Waals surface area (Å²) >= 11 is 6.80. The number of halogens is 2. The monoisotopic (exact) mass is 575 g/mol. The van der Waals surface area contributed by atoms with Crippen molar-refractivity contribution < 1.29 is 13.3 Å². The Morgan fingerprint density at radius 1 is 1.10 bits per heavy atom. The highest BCUT2D eigenvalue weighted by Gasteiger charge is 2.33. The third-order valence-corrected chi connectivity index (χ3v) is 7.71. The van der Waals surface area contributed by atoms with Crippen molar-refractivity contribution in [1.29, 1.82) is 0 Å². The van der Waals surface area contributed by atoms with Gasteiger partial charge in [0, 0.05) is 68.3 Å². The second-order valence-corrected chi connectivity index (χ2v) is 10.4. The van der Waals surface area contributed by atoms with E-state index in [9.17, 15) is 18.5 Å². The van der Waals surface area contributed by atoms with Gasteiger partial charge in [0.05, 0.1) is 22.5 Å². The quantitative estimate of drug-likeness (QED) is 0.257. The number of nitro groups is 1. The molecule has 9 nitrogen and oxygen atoms in total. The van der Waals surface area contributed by atoms with Crippen molar-refractivity contribution >= 4 is 58.9 Å². The molecule has 0 spiro atoms. The van der Waals surface area contributed by atoms with Crippen molar-refractivity contribution in [3.8, 4) is 0 Å². The van der Waals surface area contributed by atoms with Crippen LogP contribution in [0.15, 0.2) is 47.6 Å². The van der Waals surface area contributed by atoms with E-state index in [1.165, 1.54) is 22.5 Å². The smallest absolute Gasteiger partial charge is 0.270 e. The summed E-state index contributed by atoms with van der Waals surface area (Å²) in [5, 5.41) is 12.6. The lowest BCUT2D eigenvalue weighted by atomic mass is 10.2. The number of nitro benzene ring substituents is 1. The molecule has 0 atom stereocenters. The molecule has 2 heterocycles. The van der Waals surface area contributed by atoms with Crippen LogP contribution in [0.4, 0.5) is 17.1 Å². The SMILES string of the molecule is O=[N+]([O-])c1ccc(N(CCBr)CCBr)c(S(=O)(=O)N2CCN(c3cccnc3)CC2)c1. The fraction of sp³-hybridized carbons (Fsp3) is 0.421. The zero-order valence-electron chi connectivity index (χ0n) is 16.7. The fourth-order valence-corrected chi connectivity index (χ4v) is 6.02. The molecule has 2 aromatic rings. The molecule has 1 aromatic heterocycles. The molecule has 0 unspecified atom stereocenters. The van der Waals surface area contributed by atoms with Crippen LogP contribution in [0.5, 0.6) is 0 Å². The molecule has 3 rings (SSSR count). The van der Waals surface area contributed by atoms with Gasteiger partial charge in [-0.2, -0.15) is 4.31 Å². The van der Waals surface area contributed by atoms with Crippen LogP contribution in [0.25, 0.3) is 0 Å². The van der Waals surface area contributed by atoms with Gasteiger partial charge in [0.1, 0.15) is 4.90 Å². The Balaban J connectivity index is 1.92. The number of hydrogen-bond donors (Lipinski definition) is 0. The molecule has 12 heteroatoms. The predicted octanol–water partition coefficient (Wildman–Crippen LogP) is 3.10. The van der Waals surface area contributed by atoms with Crippen molar-refractivity contribution in [1.82, 2.24) is 9.29 Å². The van der Waals surface area contributed by atoms with Crippen molar-refractivity contribution in [2.24, 2.45) is 0 Å². The number of benzene rings is 1. The van der Waals surface area contributed by atoms with Gasteiger partial charge in [0.25, 0.3) is 5.69 Å². The molecule has 0 radical (unpaired) electrons. The molecule has 0 saturated carbocycles. The molecule has 0 amide bonds. The summed E-state index contributed by atoms with van der Waals surface area (Å²) in [6, 6.07) is 7.84. The van der Waals surface area contributed by atoms with Crippen LogP contribution >= 0.6 is 31.9 Å². The summed E-state index contributed by atoms with van der Waals surface area (Å²) in [4.78, 5) is 18.9. The van der Waals surface area contributed by atoms with Gasteiger partial charge in [-0.1, -0.05) is 31.9 Å². The Hall–Kier alpha value is -1.76. The predicted molar refractivity (Wildman–Crippen MR) is 128 cm³/mol. The second-order valence-electron chi connectivity index (χ2n) is 6.88. The fourth-order valence-electron chi connectivity index (χ4n) is 3.51.